The highest BCUT2D eigenvalue weighted by atomic mass is 35.5. The fraction of sp³-hybridized carbons (Fsp3) is 0.500. The van der Waals surface area contributed by atoms with Gasteiger partial charge in [0.05, 0.1) is 22.9 Å². The van der Waals surface area contributed by atoms with E-state index in [1.54, 1.807) is 29.7 Å². The number of ether oxygens (including phenoxy) is 1. The van der Waals surface area contributed by atoms with Crippen LogP contribution in [0.1, 0.15) is 53.2 Å². The van der Waals surface area contributed by atoms with Crippen LogP contribution in [0.3, 0.4) is 0 Å². The van der Waals surface area contributed by atoms with Gasteiger partial charge in [-0.25, -0.2) is 4.98 Å². The fourth-order valence-corrected chi connectivity index (χ4v) is 5.03. The molecule has 1 aliphatic heterocycles. The minimum atomic E-state index is -4.43. The van der Waals surface area contributed by atoms with Crippen molar-refractivity contribution in [2.75, 3.05) is 36.2 Å². The maximum Gasteiger partial charge on any atom is 0.414 e. The third-order valence-electron chi connectivity index (χ3n) is 6.43. The lowest BCUT2D eigenvalue weighted by Crippen LogP contribution is -2.33. The first-order valence-electron chi connectivity index (χ1n) is 11.3. The van der Waals surface area contributed by atoms with Crippen LogP contribution < -0.4 is 10.2 Å². The zero-order valence-electron chi connectivity index (χ0n) is 19.0. The zero-order valence-corrected chi connectivity index (χ0v) is 20.6. The Morgan fingerprint density at radius 3 is 2.68 bits per heavy atom. The van der Waals surface area contributed by atoms with E-state index < -0.39 is 18.2 Å². The Labute approximate surface area is 206 Å². The number of benzene rings is 1. The standard InChI is InChI=1S/C24H27ClF3N3O2S/c1-14-19(23(32)29-16-7-4-8-17(13-16)34-2)22(30-21(20(14)25)15-5-3-6-15)31-10-9-18(24(26,27)28)33-12-11-31/h4,7-8,13,15,18H,3,5-6,9-12H2,1-2H3,(H,29,32). The molecule has 2 heterocycles. The molecule has 2 fully saturated rings. The number of pyridine rings is 1. The predicted octanol–water partition coefficient (Wildman–Crippen LogP) is 6.44. The molecule has 1 aromatic heterocycles. The van der Waals surface area contributed by atoms with Crippen LogP contribution in [-0.2, 0) is 4.74 Å². The van der Waals surface area contributed by atoms with Crippen molar-refractivity contribution < 1.29 is 22.7 Å². The van der Waals surface area contributed by atoms with Crippen molar-refractivity contribution in [1.29, 1.82) is 0 Å². The van der Waals surface area contributed by atoms with Gasteiger partial charge >= 0.3 is 6.18 Å². The van der Waals surface area contributed by atoms with Gasteiger partial charge in [-0.1, -0.05) is 24.1 Å². The smallest absolute Gasteiger partial charge is 0.367 e. The van der Waals surface area contributed by atoms with E-state index in [0.717, 1.165) is 29.9 Å². The molecule has 2 aromatic rings. The van der Waals surface area contributed by atoms with Crippen LogP contribution in [0.15, 0.2) is 29.2 Å². The molecule has 184 valence electrons. The Morgan fingerprint density at radius 2 is 2.03 bits per heavy atom. The number of rotatable bonds is 5. The summed E-state index contributed by atoms with van der Waals surface area (Å²) in [6.07, 6.45) is -1.56. The second-order valence-electron chi connectivity index (χ2n) is 8.63. The summed E-state index contributed by atoms with van der Waals surface area (Å²) in [5.74, 6) is 0.179. The molecule has 0 radical (unpaired) electrons. The maximum atomic E-state index is 13.5. The molecule has 1 unspecified atom stereocenters. The second kappa shape index (κ2) is 10.3. The van der Waals surface area contributed by atoms with Gasteiger partial charge in [0.15, 0.2) is 6.10 Å². The number of halogens is 4. The average molecular weight is 514 g/mol. The molecule has 34 heavy (non-hydrogen) atoms. The van der Waals surface area contributed by atoms with E-state index in [1.165, 1.54) is 0 Å². The predicted molar refractivity (Wildman–Crippen MR) is 129 cm³/mol. The number of hydrogen-bond donors (Lipinski definition) is 1. The molecule has 5 nitrogen and oxygen atoms in total. The van der Waals surface area contributed by atoms with Gasteiger partial charge < -0.3 is 15.0 Å². The number of hydrogen-bond acceptors (Lipinski definition) is 5. The fourth-order valence-electron chi connectivity index (χ4n) is 4.28. The van der Waals surface area contributed by atoms with Crippen molar-refractivity contribution in [2.45, 2.75) is 55.7 Å². The van der Waals surface area contributed by atoms with E-state index in [1.807, 2.05) is 24.5 Å². The highest BCUT2D eigenvalue weighted by Crippen LogP contribution is 2.42. The molecule has 10 heteroatoms. The van der Waals surface area contributed by atoms with Gasteiger partial charge in [0, 0.05) is 36.0 Å². The lowest BCUT2D eigenvalue weighted by atomic mass is 9.82. The molecule has 4 rings (SSSR count). The van der Waals surface area contributed by atoms with Crippen molar-refractivity contribution in [3.63, 3.8) is 0 Å². The SMILES string of the molecule is CSc1cccc(NC(=O)c2c(N3CCOC(C(F)(F)F)CC3)nc(C3CCC3)c(Cl)c2C)c1. The molecule has 0 spiro atoms. The summed E-state index contributed by atoms with van der Waals surface area (Å²) in [5, 5.41) is 3.37. The van der Waals surface area contributed by atoms with Crippen molar-refractivity contribution in [1.82, 2.24) is 4.98 Å². The number of alkyl halides is 3. The lowest BCUT2D eigenvalue weighted by Gasteiger charge is -2.30. The highest BCUT2D eigenvalue weighted by Gasteiger charge is 2.42. The van der Waals surface area contributed by atoms with Gasteiger partial charge in [-0.2, -0.15) is 13.2 Å². The van der Waals surface area contributed by atoms with Crippen LogP contribution >= 0.6 is 23.4 Å². The molecule has 1 aliphatic carbocycles. The van der Waals surface area contributed by atoms with Crippen LogP contribution in [0.2, 0.25) is 5.02 Å². The summed E-state index contributed by atoms with van der Waals surface area (Å²) in [6.45, 7) is 1.94. The maximum absolute atomic E-state index is 13.5. The second-order valence-corrected chi connectivity index (χ2v) is 9.88. The summed E-state index contributed by atoms with van der Waals surface area (Å²) in [5.41, 5.74) is 2.22. The Balaban J connectivity index is 1.71. The third-order valence-corrected chi connectivity index (χ3v) is 7.63. The molecule has 1 amide bonds. The quantitative estimate of drug-likeness (QED) is 0.466. The van der Waals surface area contributed by atoms with Gasteiger partial charge in [0.25, 0.3) is 5.91 Å². The zero-order chi connectivity index (χ0) is 24.5. The largest absolute Gasteiger partial charge is 0.414 e. The van der Waals surface area contributed by atoms with Crippen LogP contribution in [0.25, 0.3) is 0 Å². The van der Waals surface area contributed by atoms with Crippen molar-refractivity contribution in [3.05, 3.63) is 46.1 Å². The molecule has 2 aliphatic rings. The summed E-state index contributed by atoms with van der Waals surface area (Å²) in [7, 11) is 0. The number of thioether (sulfide) groups is 1. The van der Waals surface area contributed by atoms with Gasteiger partial charge in [-0.15, -0.1) is 11.8 Å². The molecule has 0 bridgehead atoms. The molecular formula is C24H27ClF3N3O2S. The minimum absolute atomic E-state index is 0.0740. The molecule has 1 atom stereocenters. The Hall–Kier alpha value is -1.97. The molecular weight excluding hydrogens is 487 g/mol. The Kier molecular flexibility index (Phi) is 7.64. The Morgan fingerprint density at radius 1 is 1.26 bits per heavy atom. The van der Waals surface area contributed by atoms with E-state index in [-0.39, 0.29) is 37.6 Å². The van der Waals surface area contributed by atoms with E-state index in [9.17, 15) is 18.0 Å². The van der Waals surface area contributed by atoms with E-state index in [0.29, 0.717) is 22.1 Å². The van der Waals surface area contributed by atoms with Crippen molar-refractivity contribution in [3.8, 4) is 0 Å². The number of anilines is 2. The van der Waals surface area contributed by atoms with Gasteiger partial charge in [0.2, 0.25) is 0 Å². The van der Waals surface area contributed by atoms with Gasteiger partial charge in [0.1, 0.15) is 5.82 Å². The van der Waals surface area contributed by atoms with E-state index >= 15 is 0 Å². The Bertz CT molecular complexity index is 1060. The lowest BCUT2D eigenvalue weighted by molar-refractivity contribution is -0.218. The summed E-state index contributed by atoms with van der Waals surface area (Å²) in [4.78, 5) is 21.0. The number of carbonyl (C=O) groups is 1. The summed E-state index contributed by atoms with van der Waals surface area (Å²) < 4.78 is 44.9. The van der Waals surface area contributed by atoms with E-state index in [2.05, 4.69) is 5.32 Å². The molecule has 1 aromatic carbocycles. The number of nitrogens with one attached hydrogen (secondary N) is 1. The topological polar surface area (TPSA) is 54.5 Å². The first-order valence-corrected chi connectivity index (χ1v) is 12.9. The van der Waals surface area contributed by atoms with Crippen molar-refractivity contribution >= 4 is 40.8 Å². The number of aromatic nitrogens is 1. The van der Waals surface area contributed by atoms with Gasteiger partial charge in [-0.05, 0) is 49.8 Å². The molecule has 1 N–H and O–H groups in total. The van der Waals surface area contributed by atoms with Crippen LogP contribution in [0.5, 0.6) is 0 Å². The van der Waals surface area contributed by atoms with Crippen molar-refractivity contribution in [2.24, 2.45) is 0 Å². The minimum Gasteiger partial charge on any atom is -0.367 e. The van der Waals surface area contributed by atoms with E-state index in [4.69, 9.17) is 21.3 Å². The van der Waals surface area contributed by atoms with Crippen LogP contribution in [-0.4, -0.2) is 49.1 Å². The number of nitrogens with zero attached hydrogens (tertiary/aromatic N) is 2. The summed E-state index contributed by atoms with van der Waals surface area (Å²) in [6, 6.07) is 7.45. The first-order chi connectivity index (χ1) is 16.2. The third kappa shape index (κ3) is 5.31. The first kappa shape index (κ1) is 25.1. The van der Waals surface area contributed by atoms with Gasteiger partial charge in [-0.3, -0.25) is 4.79 Å². The normalized spacial score (nSPS) is 19.5. The molecule has 1 saturated carbocycles. The number of amides is 1. The van der Waals surface area contributed by atoms with Crippen LogP contribution in [0.4, 0.5) is 24.7 Å². The highest BCUT2D eigenvalue weighted by molar-refractivity contribution is 7.98. The number of carbonyl (C=O) groups excluding carboxylic acids is 1. The average Bonchev–Trinajstić information content (AvgIpc) is 3.02. The monoisotopic (exact) mass is 513 g/mol. The summed E-state index contributed by atoms with van der Waals surface area (Å²) >= 11 is 8.25. The van der Waals surface area contributed by atoms with Crippen LogP contribution in [0, 0.1) is 6.92 Å². The molecule has 1 saturated heterocycles.